The van der Waals surface area contributed by atoms with Crippen molar-refractivity contribution in [2.75, 3.05) is 26.8 Å². The number of carbonyl (C=O) groups excluding carboxylic acids is 1. The molecule has 4 aromatic rings. The number of rotatable bonds is 10. The molecule has 1 aromatic heterocycles. The summed E-state index contributed by atoms with van der Waals surface area (Å²) in [7, 11) is 1.65. The van der Waals surface area contributed by atoms with E-state index < -0.39 is 6.04 Å². The second-order valence-corrected chi connectivity index (χ2v) is 12.3. The van der Waals surface area contributed by atoms with Crippen LogP contribution in [0.1, 0.15) is 47.2 Å². The van der Waals surface area contributed by atoms with Crippen LogP contribution in [0, 0.1) is 23.2 Å². The molecule has 3 N–H and O–H groups in total. The van der Waals surface area contributed by atoms with Gasteiger partial charge in [0.05, 0.1) is 50.0 Å². The molecule has 8 nitrogen and oxygen atoms in total. The third kappa shape index (κ3) is 6.02. The molecule has 8 heteroatoms. The van der Waals surface area contributed by atoms with Crippen LogP contribution in [0.25, 0.3) is 10.9 Å². The number of nitriles is 1. The molecule has 3 aliphatic heterocycles. The number of aliphatic hydroxyl groups excluding tert-OH is 1. The number of fused-ring (bicyclic) bond motifs is 4. The molecule has 0 saturated carbocycles. The number of nitrogens with zero attached hydrogens (tertiary/aromatic N) is 3. The highest BCUT2D eigenvalue weighted by molar-refractivity contribution is 5.85. The lowest BCUT2D eigenvalue weighted by molar-refractivity contribution is -0.983. The Morgan fingerprint density at radius 1 is 1.16 bits per heavy atom. The van der Waals surface area contributed by atoms with E-state index in [0.717, 1.165) is 58.0 Å². The number of aromatic nitrogens is 1. The number of benzene rings is 3. The zero-order chi connectivity index (χ0) is 31.4. The number of urea groups is 1. The third-order valence-electron chi connectivity index (χ3n) is 9.98. The summed E-state index contributed by atoms with van der Waals surface area (Å²) in [5, 5.41) is 27.5. The summed E-state index contributed by atoms with van der Waals surface area (Å²) < 4.78 is 6.33. The number of aliphatic hydroxyl groups is 1. The molecule has 3 fully saturated rings. The monoisotopic (exact) mass is 602 g/mol. The van der Waals surface area contributed by atoms with E-state index in [0.29, 0.717) is 29.7 Å². The van der Waals surface area contributed by atoms with Crippen LogP contribution in [0.2, 0.25) is 0 Å². The molecule has 2 amide bonds. The summed E-state index contributed by atoms with van der Waals surface area (Å²) in [6.45, 7) is 6.47. The number of quaternary nitrogens is 1. The summed E-state index contributed by atoms with van der Waals surface area (Å²) >= 11 is 0. The van der Waals surface area contributed by atoms with Crippen molar-refractivity contribution in [1.82, 2.24) is 15.6 Å². The van der Waals surface area contributed by atoms with Crippen LogP contribution in [-0.2, 0) is 6.54 Å². The summed E-state index contributed by atoms with van der Waals surface area (Å²) in [6, 6.07) is 26.3. The highest BCUT2D eigenvalue weighted by atomic mass is 16.5. The molecule has 0 unspecified atom stereocenters. The number of methoxy groups -OCH3 is 1. The highest BCUT2D eigenvalue weighted by Crippen LogP contribution is 2.48. The van der Waals surface area contributed by atoms with E-state index >= 15 is 0 Å². The first kappa shape index (κ1) is 30.3. The minimum atomic E-state index is -0.556. The second-order valence-electron chi connectivity index (χ2n) is 12.3. The number of nitrogens with one attached hydrogen (secondary N) is 2. The van der Waals surface area contributed by atoms with Crippen LogP contribution in [-0.4, -0.2) is 53.5 Å². The molecule has 3 aromatic carbocycles. The van der Waals surface area contributed by atoms with Crippen molar-refractivity contribution in [3.8, 4) is 11.8 Å². The Hall–Kier alpha value is -4.71. The van der Waals surface area contributed by atoms with E-state index in [4.69, 9.17) is 4.74 Å². The van der Waals surface area contributed by atoms with E-state index in [1.807, 2.05) is 72.8 Å². The molecule has 0 radical (unpaired) electrons. The van der Waals surface area contributed by atoms with E-state index in [1.54, 1.807) is 13.3 Å². The maximum atomic E-state index is 13.9. The van der Waals surface area contributed by atoms with E-state index in [9.17, 15) is 15.2 Å². The molecule has 3 aliphatic rings. The highest BCUT2D eigenvalue weighted by Gasteiger charge is 2.54. The fourth-order valence-corrected chi connectivity index (χ4v) is 7.70. The number of ether oxygens (including phenoxy) is 1. The van der Waals surface area contributed by atoms with Crippen molar-refractivity contribution in [2.45, 2.75) is 37.5 Å². The maximum Gasteiger partial charge on any atom is 0.316 e. The Labute approximate surface area is 264 Å². The zero-order valence-electron chi connectivity index (χ0n) is 25.6. The Bertz CT molecular complexity index is 1720. The van der Waals surface area contributed by atoms with Gasteiger partial charge in [0, 0.05) is 35.9 Å². The third-order valence-corrected chi connectivity index (χ3v) is 9.98. The first-order valence-corrected chi connectivity index (χ1v) is 15.6. The molecule has 6 atom stereocenters. The Morgan fingerprint density at radius 2 is 1.96 bits per heavy atom. The average Bonchev–Trinajstić information content (AvgIpc) is 3.09. The van der Waals surface area contributed by atoms with E-state index in [-0.39, 0.29) is 24.7 Å². The predicted molar refractivity (Wildman–Crippen MR) is 174 cm³/mol. The molecule has 0 spiro atoms. The molecule has 3 saturated heterocycles. The van der Waals surface area contributed by atoms with Crippen LogP contribution >= 0.6 is 0 Å². The fourth-order valence-electron chi connectivity index (χ4n) is 7.70. The van der Waals surface area contributed by atoms with Gasteiger partial charge in [0.15, 0.2) is 0 Å². The van der Waals surface area contributed by atoms with Gasteiger partial charge in [-0.2, -0.15) is 5.26 Å². The smallest absolute Gasteiger partial charge is 0.316 e. The number of pyridine rings is 1. The Balaban J connectivity index is 1.45. The van der Waals surface area contributed by atoms with Gasteiger partial charge in [-0.1, -0.05) is 54.6 Å². The van der Waals surface area contributed by atoms with Gasteiger partial charge in [-0.15, -0.1) is 6.58 Å². The lowest BCUT2D eigenvalue weighted by Gasteiger charge is -2.59. The molecular formula is C37H40N5O3+. The number of hydrogen-bond acceptors (Lipinski definition) is 5. The maximum absolute atomic E-state index is 13.9. The quantitative estimate of drug-likeness (QED) is 0.157. The van der Waals surface area contributed by atoms with Gasteiger partial charge >= 0.3 is 6.03 Å². The minimum absolute atomic E-state index is 0.0125. The number of hydrogen-bond donors (Lipinski definition) is 3. The second kappa shape index (κ2) is 13.1. The van der Waals surface area contributed by atoms with Gasteiger partial charge in [0.25, 0.3) is 0 Å². The zero-order valence-corrected chi connectivity index (χ0v) is 25.6. The fraction of sp³-hybridized carbons (Fsp3) is 0.324. The topological polar surface area (TPSA) is 107 Å². The number of piperidine rings is 3. The lowest BCUT2D eigenvalue weighted by atomic mass is 9.70. The molecule has 4 heterocycles. The molecule has 45 heavy (non-hydrogen) atoms. The first-order chi connectivity index (χ1) is 22.0. The van der Waals surface area contributed by atoms with Crippen molar-refractivity contribution in [2.24, 2.45) is 11.8 Å². The van der Waals surface area contributed by atoms with Gasteiger partial charge < -0.3 is 25.0 Å². The van der Waals surface area contributed by atoms with Crippen LogP contribution < -0.4 is 15.4 Å². The lowest BCUT2D eigenvalue weighted by Crippen LogP contribution is -2.69. The molecular weight excluding hydrogens is 562 g/mol. The summed E-state index contributed by atoms with van der Waals surface area (Å²) in [4.78, 5) is 18.6. The molecule has 230 valence electrons. The largest absolute Gasteiger partial charge is 0.497 e. The first-order valence-electron chi connectivity index (χ1n) is 15.6. The SMILES string of the molecule is C=C[C@H]1C[N@+]2(Cc3ccccc3C#N)CC[C@H]1C[C@H]2[C@@H](NC(=O)N[C@H](CO)c1ccccc1)c1ccnc2ccc(OC)cc12. The van der Waals surface area contributed by atoms with Gasteiger partial charge in [-0.05, 0) is 47.4 Å². The molecule has 0 aliphatic carbocycles. The van der Waals surface area contributed by atoms with Gasteiger partial charge in [-0.3, -0.25) is 4.98 Å². The molecule has 7 rings (SSSR count). The Kier molecular flexibility index (Phi) is 8.83. The summed E-state index contributed by atoms with van der Waals surface area (Å²) in [6.07, 6.45) is 5.85. The van der Waals surface area contributed by atoms with Crippen molar-refractivity contribution in [3.05, 3.63) is 120 Å². The van der Waals surface area contributed by atoms with Crippen LogP contribution in [0.15, 0.2) is 97.7 Å². The van der Waals surface area contributed by atoms with Crippen molar-refractivity contribution in [3.63, 3.8) is 0 Å². The number of amides is 2. The summed E-state index contributed by atoms with van der Waals surface area (Å²) in [5.74, 6) is 1.52. The molecule has 2 bridgehead atoms. The Morgan fingerprint density at radius 3 is 2.71 bits per heavy atom. The van der Waals surface area contributed by atoms with Crippen molar-refractivity contribution in [1.29, 1.82) is 5.26 Å². The van der Waals surface area contributed by atoms with Gasteiger partial charge in [0.1, 0.15) is 24.4 Å². The van der Waals surface area contributed by atoms with Crippen LogP contribution in [0.3, 0.4) is 0 Å². The predicted octanol–water partition coefficient (Wildman–Crippen LogP) is 5.80. The van der Waals surface area contributed by atoms with Crippen molar-refractivity contribution >= 4 is 16.9 Å². The van der Waals surface area contributed by atoms with Gasteiger partial charge in [-0.25, -0.2) is 4.79 Å². The van der Waals surface area contributed by atoms with Crippen LogP contribution in [0.5, 0.6) is 5.75 Å². The van der Waals surface area contributed by atoms with Crippen LogP contribution in [0.4, 0.5) is 4.79 Å². The minimum Gasteiger partial charge on any atom is -0.497 e. The standard InChI is InChI=1S/C37H39N5O3/c1-3-25-22-42(23-29-12-8-7-11-28(29)21-38)18-16-27(25)19-35(42)36(31-15-17-39-33-14-13-30(45-2)20-32(31)33)41-37(44)40-34(24-43)26-9-5-4-6-10-26/h3-15,17,20,25,27,34-36,43H,1,16,18-19,22-24H2,2H3,(H-,40,41,44)/p+1/t25-,27-,34+,35-,36-,42-/m0/s1. The van der Waals surface area contributed by atoms with Gasteiger partial charge in [0.2, 0.25) is 0 Å². The average molecular weight is 603 g/mol. The van der Waals surface area contributed by atoms with Crippen molar-refractivity contribution < 1.29 is 19.1 Å². The van der Waals surface area contributed by atoms with E-state index in [1.165, 1.54) is 0 Å². The normalized spacial score (nSPS) is 23.4. The van der Waals surface area contributed by atoms with E-state index in [2.05, 4.69) is 40.4 Å². The number of carbonyl (C=O) groups is 1. The summed E-state index contributed by atoms with van der Waals surface area (Å²) in [5.41, 5.74) is 4.31.